The minimum absolute atomic E-state index is 0.473. The SMILES string of the molecule is Cc1cccnc1NCC(F)(F)CN. The molecule has 1 aromatic rings. The first-order chi connectivity index (χ1) is 6.55. The van der Waals surface area contributed by atoms with Crippen LogP contribution >= 0.6 is 0 Å². The second kappa shape index (κ2) is 4.32. The van der Waals surface area contributed by atoms with Gasteiger partial charge in [-0.2, -0.15) is 0 Å². The number of rotatable bonds is 4. The molecule has 3 N–H and O–H groups in total. The van der Waals surface area contributed by atoms with Crippen LogP contribution in [0, 0.1) is 6.92 Å². The second-order valence-corrected chi connectivity index (χ2v) is 3.08. The molecule has 0 saturated heterocycles. The van der Waals surface area contributed by atoms with E-state index in [0.29, 0.717) is 5.82 Å². The summed E-state index contributed by atoms with van der Waals surface area (Å²) in [4.78, 5) is 3.93. The molecule has 5 heteroatoms. The number of anilines is 1. The van der Waals surface area contributed by atoms with Crippen LogP contribution in [-0.2, 0) is 0 Å². The molecule has 0 aliphatic rings. The maximum Gasteiger partial charge on any atom is 0.276 e. The molecule has 1 rings (SSSR count). The number of aromatic nitrogens is 1. The number of nitrogens with one attached hydrogen (secondary N) is 1. The summed E-state index contributed by atoms with van der Waals surface area (Å²) in [6, 6.07) is 3.55. The lowest BCUT2D eigenvalue weighted by atomic mass is 10.2. The lowest BCUT2D eigenvalue weighted by molar-refractivity contribution is 0.0253. The van der Waals surface area contributed by atoms with Gasteiger partial charge >= 0.3 is 0 Å². The maximum absolute atomic E-state index is 12.8. The Morgan fingerprint density at radius 3 is 2.86 bits per heavy atom. The zero-order valence-corrected chi connectivity index (χ0v) is 7.93. The Balaban J connectivity index is 2.58. The summed E-state index contributed by atoms with van der Waals surface area (Å²) >= 11 is 0. The standard InChI is InChI=1S/C9H13F2N3/c1-7-3-2-4-13-8(7)14-6-9(10,11)5-12/h2-4H,5-6,12H2,1H3,(H,13,14). The van der Waals surface area contributed by atoms with Crippen molar-refractivity contribution in [2.75, 3.05) is 18.4 Å². The van der Waals surface area contributed by atoms with E-state index in [-0.39, 0.29) is 0 Å². The molecule has 0 amide bonds. The fourth-order valence-corrected chi connectivity index (χ4v) is 0.956. The monoisotopic (exact) mass is 201 g/mol. The molecular formula is C9H13F2N3. The summed E-state index contributed by atoms with van der Waals surface area (Å²) in [6.07, 6.45) is 1.55. The van der Waals surface area contributed by atoms with Crippen molar-refractivity contribution < 1.29 is 8.78 Å². The molecule has 0 fully saturated rings. The number of nitrogens with zero attached hydrogens (tertiary/aromatic N) is 1. The number of hydrogen-bond donors (Lipinski definition) is 2. The summed E-state index contributed by atoms with van der Waals surface area (Å²) in [5.74, 6) is -2.41. The van der Waals surface area contributed by atoms with Crippen LogP contribution in [0.1, 0.15) is 5.56 Å². The van der Waals surface area contributed by atoms with Gasteiger partial charge in [0.05, 0.1) is 13.1 Å². The van der Waals surface area contributed by atoms with E-state index in [4.69, 9.17) is 5.73 Å². The summed E-state index contributed by atoms with van der Waals surface area (Å²) in [7, 11) is 0. The molecule has 0 aliphatic heterocycles. The Morgan fingerprint density at radius 2 is 2.29 bits per heavy atom. The van der Waals surface area contributed by atoms with Crippen LogP contribution < -0.4 is 11.1 Å². The lowest BCUT2D eigenvalue weighted by Gasteiger charge is -2.15. The summed E-state index contributed by atoms with van der Waals surface area (Å²) < 4.78 is 25.5. The third-order valence-corrected chi connectivity index (χ3v) is 1.82. The van der Waals surface area contributed by atoms with E-state index in [2.05, 4.69) is 10.3 Å². The molecule has 0 spiro atoms. The number of halogens is 2. The first-order valence-corrected chi connectivity index (χ1v) is 4.28. The van der Waals surface area contributed by atoms with Gasteiger partial charge in [0.1, 0.15) is 5.82 Å². The Morgan fingerprint density at radius 1 is 1.57 bits per heavy atom. The number of pyridine rings is 1. The van der Waals surface area contributed by atoms with Crippen molar-refractivity contribution >= 4 is 5.82 Å². The Hall–Kier alpha value is -1.23. The van der Waals surface area contributed by atoms with E-state index >= 15 is 0 Å². The predicted octanol–water partition coefficient (Wildman–Crippen LogP) is 1.40. The highest BCUT2D eigenvalue weighted by atomic mass is 19.3. The average molecular weight is 201 g/mol. The van der Waals surface area contributed by atoms with Gasteiger partial charge < -0.3 is 11.1 Å². The van der Waals surface area contributed by atoms with Crippen molar-refractivity contribution in [3.8, 4) is 0 Å². The zero-order valence-electron chi connectivity index (χ0n) is 7.93. The highest BCUT2D eigenvalue weighted by Crippen LogP contribution is 2.14. The van der Waals surface area contributed by atoms with Crippen LogP contribution in [0.2, 0.25) is 0 Å². The van der Waals surface area contributed by atoms with Crippen LogP contribution in [0.15, 0.2) is 18.3 Å². The van der Waals surface area contributed by atoms with Crippen LogP contribution in [0.25, 0.3) is 0 Å². The second-order valence-electron chi connectivity index (χ2n) is 3.08. The Kier molecular flexibility index (Phi) is 3.35. The van der Waals surface area contributed by atoms with Crippen molar-refractivity contribution in [2.45, 2.75) is 12.8 Å². The lowest BCUT2D eigenvalue weighted by Crippen LogP contribution is -2.35. The first kappa shape index (κ1) is 10.8. The van der Waals surface area contributed by atoms with Crippen LogP contribution in [0.4, 0.5) is 14.6 Å². The van der Waals surface area contributed by atoms with Gasteiger partial charge in [-0.15, -0.1) is 0 Å². The largest absolute Gasteiger partial charge is 0.364 e. The number of alkyl halides is 2. The third kappa shape index (κ3) is 2.92. The van der Waals surface area contributed by atoms with Crippen molar-refractivity contribution in [2.24, 2.45) is 5.73 Å². The van der Waals surface area contributed by atoms with E-state index in [1.807, 2.05) is 0 Å². The van der Waals surface area contributed by atoms with Gasteiger partial charge in [0, 0.05) is 6.20 Å². The average Bonchev–Trinajstić information content (AvgIpc) is 2.17. The van der Waals surface area contributed by atoms with Gasteiger partial charge in [-0.1, -0.05) is 6.07 Å². The molecule has 0 aromatic carbocycles. The van der Waals surface area contributed by atoms with E-state index < -0.39 is 19.0 Å². The molecule has 0 atom stereocenters. The van der Waals surface area contributed by atoms with E-state index in [0.717, 1.165) is 5.56 Å². The molecule has 0 unspecified atom stereocenters. The van der Waals surface area contributed by atoms with Crippen molar-refractivity contribution in [1.82, 2.24) is 4.98 Å². The molecule has 14 heavy (non-hydrogen) atoms. The molecule has 1 aromatic heterocycles. The molecule has 0 radical (unpaired) electrons. The molecule has 0 bridgehead atoms. The fraction of sp³-hybridized carbons (Fsp3) is 0.444. The summed E-state index contributed by atoms with van der Waals surface area (Å²) in [5.41, 5.74) is 5.73. The minimum atomic E-state index is -2.88. The maximum atomic E-state index is 12.8. The highest BCUT2D eigenvalue weighted by molar-refractivity contribution is 5.42. The van der Waals surface area contributed by atoms with E-state index in [1.54, 1.807) is 25.3 Å². The van der Waals surface area contributed by atoms with Gasteiger partial charge in [-0.3, -0.25) is 0 Å². The fourth-order valence-electron chi connectivity index (χ4n) is 0.956. The number of nitrogens with two attached hydrogens (primary N) is 1. The minimum Gasteiger partial charge on any atom is -0.364 e. The van der Waals surface area contributed by atoms with Gasteiger partial charge in [-0.05, 0) is 18.6 Å². The van der Waals surface area contributed by atoms with Gasteiger partial charge in [-0.25, -0.2) is 13.8 Å². The number of hydrogen-bond acceptors (Lipinski definition) is 3. The van der Waals surface area contributed by atoms with Crippen LogP contribution in [0.5, 0.6) is 0 Å². The number of aryl methyl sites for hydroxylation is 1. The van der Waals surface area contributed by atoms with Gasteiger partial charge in [0.2, 0.25) is 0 Å². The predicted molar refractivity (Wildman–Crippen MR) is 51.5 cm³/mol. The zero-order chi connectivity index (χ0) is 10.6. The normalized spacial score (nSPS) is 11.4. The molecule has 1 heterocycles. The van der Waals surface area contributed by atoms with Gasteiger partial charge in [0.25, 0.3) is 5.92 Å². The molecule has 78 valence electrons. The van der Waals surface area contributed by atoms with Crippen molar-refractivity contribution in [3.63, 3.8) is 0 Å². The van der Waals surface area contributed by atoms with Gasteiger partial charge in [0.15, 0.2) is 0 Å². The summed E-state index contributed by atoms with van der Waals surface area (Å²) in [5, 5.41) is 2.56. The van der Waals surface area contributed by atoms with Crippen molar-refractivity contribution in [1.29, 1.82) is 0 Å². The van der Waals surface area contributed by atoms with Crippen LogP contribution in [-0.4, -0.2) is 24.0 Å². The molecular weight excluding hydrogens is 188 g/mol. The first-order valence-electron chi connectivity index (χ1n) is 4.28. The molecule has 0 aliphatic carbocycles. The summed E-state index contributed by atoms with van der Waals surface area (Å²) in [6.45, 7) is 0.656. The van der Waals surface area contributed by atoms with E-state index in [1.165, 1.54) is 0 Å². The Labute approximate surface area is 81.3 Å². The topological polar surface area (TPSA) is 50.9 Å². The highest BCUT2D eigenvalue weighted by Gasteiger charge is 2.26. The quantitative estimate of drug-likeness (QED) is 0.774. The molecule has 3 nitrogen and oxygen atoms in total. The third-order valence-electron chi connectivity index (χ3n) is 1.82. The van der Waals surface area contributed by atoms with Crippen molar-refractivity contribution in [3.05, 3.63) is 23.9 Å². The van der Waals surface area contributed by atoms with Crippen LogP contribution in [0.3, 0.4) is 0 Å². The smallest absolute Gasteiger partial charge is 0.276 e. The molecule has 0 saturated carbocycles. The van der Waals surface area contributed by atoms with E-state index in [9.17, 15) is 8.78 Å². The Bertz CT molecular complexity index is 302.